The van der Waals surface area contributed by atoms with E-state index < -0.39 is 5.97 Å². The van der Waals surface area contributed by atoms with Crippen molar-refractivity contribution < 1.29 is 9.90 Å². The largest absolute Gasteiger partial charge is 0.476 e. The molecule has 2 aliphatic rings. The summed E-state index contributed by atoms with van der Waals surface area (Å²) in [5, 5.41) is 12.5. The van der Waals surface area contributed by atoms with Gasteiger partial charge in [0.2, 0.25) is 0 Å². The molecule has 5 heteroatoms. The van der Waals surface area contributed by atoms with Gasteiger partial charge in [-0.15, -0.1) is 0 Å². The van der Waals surface area contributed by atoms with E-state index in [1.54, 1.807) is 6.20 Å². The average Bonchev–Trinajstić information content (AvgIpc) is 2.82. The van der Waals surface area contributed by atoms with E-state index >= 15 is 0 Å². The molecule has 0 radical (unpaired) electrons. The van der Waals surface area contributed by atoms with Crippen molar-refractivity contribution in [3.8, 4) is 0 Å². The van der Waals surface area contributed by atoms with E-state index in [-0.39, 0.29) is 5.69 Å². The Balaban J connectivity index is 1.86. The number of aromatic nitrogens is 2. The molecule has 17 heavy (non-hydrogen) atoms. The fraction of sp³-hybridized carbons (Fsp3) is 0.667. The average molecular weight is 235 g/mol. The summed E-state index contributed by atoms with van der Waals surface area (Å²) < 4.78 is 1.87. The molecule has 0 spiro atoms. The van der Waals surface area contributed by atoms with E-state index in [1.807, 2.05) is 11.6 Å². The second-order valence-corrected chi connectivity index (χ2v) is 5.21. The molecule has 1 unspecified atom stereocenters. The Labute approximate surface area is 99.8 Å². The van der Waals surface area contributed by atoms with Crippen LogP contribution in [0.5, 0.6) is 0 Å². The van der Waals surface area contributed by atoms with E-state index in [1.165, 1.54) is 12.8 Å². The first kappa shape index (κ1) is 10.8. The van der Waals surface area contributed by atoms with Gasteiger partial charge in [-0.1, -0.05) is 0 Å². The number of nitrogens with one attached hydrogen (secondary N) is 1. The second kappa shape index (κ2) is 3.84. The maximum Gasteiger partial charge on any atom is 0.356 e. The number of aryl methyl sites for hydroxylation is 1. The molecule has 2 saturated heterocycles. The zero-order valence-electron chi connectivity index (χ0n) is 9.89. The number of carboxylic acid groups (broad SMARTS) is 1. The Morgan fingerprint density at radius 2 is 2.12 bits per heavy atom. The Bertz CT molecular complexity index is 443. The van der Waals surface area contributed by atoms with Crippen LogP contribution in [0.25, 0.3) is 0 Å². The van der Waals surface area contributed by atoms with Crippen molar-refractivity contribution in [2.45, 2.75) is 43.7 Å². The zero-order chi connectivity index (χ0) is 12.0. The maximum absolute atomic E-state index is 10.9. The Morgan fingerprint density at radius 3 is 2.65 bits per heavy atom. The van der Waals surface area contributed by atoms with Crippen molar-refractivity contribution in [3.05, 3.63) is 17.7 Å². The predicted molar refractivity (Wildman–Crippen MR) is 62.1 cm³/mol. The van der Waals surface area contributed by atoms with Crippen LogP contribution in [-0.4, -0.2) is 32.7 Å². The van der Waals surface area contributed by atoms with E-state index in [0.717, 1.165) is 18.7 Å². The van der Waals surface area contributed by atoms with E-state index in [0.29, 0.717) is 18.0 Å². The first-order valence-electron chi connectivity index (χ1n) is 6.16. The van der Waals surface area contributed by atoms with Crippen molar-refractivity contribution in [3.63, 3.8) is 0 Å². The van der Waals surface area contributed by atoms with Crippen molar-refractivity contribution in [2.24, 2.45) is 7.05 Å². The third kappa shape index (κ3) is 1.84. The van der Waals surface area contributed by atoms with Crippen LogP contribution in [0.2, 0.25) is 0 Å². The normalized spacial score (nSPS) is 31.7. The molecule has 0 amide bonds. The molecule has 92 valence electrons. The molecule has 2 bridgehead atoms. The monoisotopic (exact) mass is 235 g/mol. The van der Waals surface area contributed by atoms with Gasteiger partial charge in [-0.25, -0.2) is 9.78 Å². The van der Waals surface area contributed by atoms with Gasteiger partial charge in [0.1, 0.15) is 5.82 Å². The Hall–Kier alpha value is -1.36. The standard InChI is InChI=1S/C12H17N3O2/c1-15-6-10(12(16)17)14-11(15)7-4-8-2-3-9(5-7)13-8/h6-9,13H,2-5H2,1H3,(H,16,17)/t7?,8-,9+. The molecule has 2 aliphatic heterocycles. The van der Waals surface area contributed by atoms with Crippen LogP contribution in [0.4, 0.5) is 0 Å². The SMILES string of the molecule is Cn1cc(C(=O)O)nc1C1C[C@H]2CC[C@@H](C1)N2. The number of aromatic carboxylic acids is 1. The number of carboxylic acids is 1. The summed E-state index contributed by atoms with van der Waals surface area (Å²) >= 11 is 0. The number of imidazole rings is 1. The van der Waals surface area contributed by atoms with Gasteiger partial charge in [-0.2, -0.15) is 0 Å². The van der Waals surface area contributed by atoms with Crippen LogP contribution in [0.15, 0.2) is 6.20 Å². The molecule has 2 N–H and O–H groups in total. The topological polar surface area (TPSA) is 67.2 Å². The minimum absolute atomic E-state index is 0.161. The maximum atomic E-state index is 10.9. The molecule has 3 rings (SSSR count). The summed E-state index contributed by atoms with van der Waals surface area (Å²) in [5.74, 6) is 0.399. The fourth-order valence-electron chi connectivity index (χ4n) is 3.23. The summed E-state index contributed by atoms with van der Waals surface area (Å²) in [4.78, 5) is 15.2. The number of rotatable bonds is 2. The minimum atomic E-state index is -0.941. The van der Waals surface area contributed by atoms with E-state index in [2.05, 4.69) is 10.3 Å². The summed E-state index contributed by atoms with van der Waals surface area (Å²) in [6.45, 7) is 0. The number of hydrogen-bond donors (Lipinski definition) is 2. The van der Waals surface area contributed by atoms with Crippen LogP contribution in [0.3, 0.4) is 0 Å². The van der Waals surface area contributed by atoms with Gasteiger partial charge in [-0.3, -0.25) is 0 Å². The lowest BCUT2D eigenvalue weighted by atomic mass is 9.92. The third-order valence-electron chi connectivity index (χ3n) is 3.97. The molecule has 0 aromatic carbocycles. The van der Waals surface area contributed by atoms with Gasteiger partial charge in [0.25, 0.3) is 0 Å². The molecule has 1 aromatic heterocycles. The fourth-order valence-corrected chi connectivity index (χ4v) is 3.23. The number of hydrogen-bond acceptors (Lipinski definition) is 3. The molecule has 3 heterocycles. The lowest BCUT2D eigenvalue weighted by Crippen LogP contribution is -2.37. The smallest absolute Gasteiger partial charge is 0.356 e. The van der Waals surface area contributed by atoms with Crippen LogP contribution in [0.1, 0.15) is 47.9 Å². The highest BCUT2D eigenvalue weighted by Gasteiger charge is 2.35. The third-order valence-corrected chi connectivity index (χ3v) is 3.97. The number of piperidine rings is 1. The van der Waals surface area contributed by atoms with Gasteiger partial charge >= 0.3 is 5.97 Å². The first-order chi connectivity index (χ1) is 8.13. The quantitative estimate of drug-likeness (QED) is 0.806. The van der Waals surface area contributed by atoms with Crippen LogP contribution in [-0.2, 0) is 7.05 Å². The Morgan fingerprint density at radius 1 is 1.47 bits per heavy atom. The van der Waals surface area contributed by atoms with Gasteiger partial charge in [0.05, 0.1) is 0 Å². The van der Waals surface area contributed by atoms with Crippen LogP contribution >= 0.6 is 0 Å². The second-order valence-electron chi connectivity index (χ2n) is 5.21. The number of carbonyl (C=O) groups is 1. The number of fused-ring (bicyclic) bond motifs is 2. The van der Waals surface area contributed by atoms with Gasteiger partial charge in [0.15, 0.2) is 5.69 Å². The van der Waals surface area contributed by atoms with Crippen molar-refractivity contribution in [1.29, 1.82) is 0 Å². The highest BCUT2D eigenvalue weighted by Crippen LogP contribution is 2.36. The van der Waals surface area contributed by atoms with Crippen LogP contribution in [0, 0.1) is 0 Å². The molecular formula is C12H17N3O2. The molecule has 1 aromatic rings. The summed E-state index contributed by atoms with van der Waals surface area (Å²) in [6.07, 6.45) is 6.27. The lowest BCUT2D eigenvalue weighted by molar-refractivity contribution is 0.0690. The zero-order valence-corrected chi connectivity index (χ0v) is 9.89. The highest BCUT2D eigenvalue weighted by atomic mass is 16.4. The molecule has 5 nitrogen and oxygen atoms in total. The molecule has 3 atom stereocenters. The van der Waals surface area contributed by atoms with Crippen LogP contribution < -0.4 is 5.32 Å². The molecule has 0 saturated carbocycles. The van der Waals surface area contributed by atoms with Crippen molar-refractivity contribution in [2.75, 3.05) is 0 Å². The summed E-state index contributed by atoms with van der Waals surface area (Å²) in [7, 11) is 1.89. The van der Waals surface area contributed by atoms with Crippen molar-refractivity contribution >= 4 is 5.97 Å². The first-order valence-corrected chi connectivity index (χ1v) is 6.16. The number of nitrogens with zero attached hydrogens (tertiary/aromatic N) is 2. The predicted octanol–water partition coefficient (Wildman–Crippen LogP) is 1.12. The van der Waals surface area contributed by atoms with Gasteiger partial charge in [-0.05, 0) is 25.7 Å². The van der Waals surface area contributed by atoms with Gasteiger partial charge in [0, 0.05) is 31.2 Å². The summed E-state index contributed by atoms with van der Waals surface area (Å²) in [5.41, 5.74) is 0.161. The lowest BCUT2D eigenvalue weighted by Gasteiger charge is -2.28. The van der Waals surface area contributed by atoms with Gasteiger partial charge < -0.3 is 15.0 Å². The highest BCUT2D eigenvalue weighted by molar-refractivity contribution is 5.85. The molecular weight excluding hydrogens is 218 g/mol. The molecule has 2 fully saturated rings. The van der Waals surface area contributed by atoms with E-state index in [9.17, 15) is 4.79 Å². The Kier molecular flexibility index (Phi) is 2.43. The minimum Gasteiger partial charge on any atom is -0.476 e. The summed E-state index contributed by atoms with van der Waals surface area (Å²) in [6, 6.07) is 1.20. The van der Waals surface area contributed by atoms with E-state index in [4.69, 9.17) is 5.11 Å². The van der Waals surface area contributed by atoms with Crippen molar-refractivity contribution in [1.82, 2.24) is 14.9 Å². The molecule has 0 aliphatic carbocycles.